The number of thioether (sulfide) groups is 1. The highest BCUT2D eigenvalue weighted by Gasteiger charge is 2.54. The molecule has 0 aromatic carbocycles. The lowest BCUT2D eigenvalue weighted by Crippen LogP contribution is -2.31. The molecule has 0 aliphatic heterocycles. The molecule has 0 amide bonds. The lowest BCUT2D eigenvalue weighted by molar-refractivity contribution is -0.0895. The summed E-state index contributed by atoms with van der Waals surface area (Å²) in [5.74, 6) is 0. The maximum atomic E-state index is 11.7. The molecule has 0 N–H and O–H groups in total. The van der Waals surface area contributed by atoms with E-state index in [0.717, 1.165) is 6.26 Å². The zero-order chi connectivity index (χ0) is 7.71. The lowest BCUT2D eigenvalue weighted by atomic mass is 10.7. The van der Waals surface area contributed by atoms with Crippen LogP contribution < -0.4 is 0 Å². The first kappa shape index (κ1) is 9.36. The molecule has 9 heavy (non-hydrogen) atoms. The third-order valence-corrected chi connectivity index (χ3v) is 1.70. The molecule has 0 unspecified atom stereocenters. The van der Waals surface area contributed by atoms with Crippen molar-refractivity contribution in [1.29, 1.82) is 0 Å². The molecule has 0 aliphatic rings. The van der Waals surface area contributed by atoms with Gasteiger partial charge in [0.25, 0.3) is 0 Å². The SMILES string of the molecule is CSC(F)(F)C(F)(F)Cl. The maximum Gasteiger partial charge on any atom is 0.393 e. The van der Waals surface area contributed by atoms with Crippen LogP contribution in [-0.2, 0) is 0 Å². The maximum absolute atomic E-state index is 11.7. The molecular weight excluding hydrogens is 180 g/mol. The van der Waals surface area contributed by atoms with Gasteiger partial charge in [0.2, 0.25) is 0 Å². The first-order chi connectivity index (χ1) is 3.81. The second kappa shape index (κ2) is 2.54. The van der Waals surface area contributed by atoms with Gasteiger partial charge in [0.1, 0.15) is 0 Å². The summed E-state index contributed by atoms with van der Waals surface area (Å²) in [5.41, 5.74) is 0. The van der Waals surface area contributed by atoms with Crippen molar-refractivity contribution in [2.45, 2.75) is 10.6 Å². The average Bonchev–Trinajstić information content (AvgIpc) is 1.64. The van der Waals surface area contributed by atoms with Crippen LogP contribution in [0.4, 0.5) is 17.6 Å². The van der Waals surface area contributed by atoms with Crippen molar-refractivity contribution in [3.8, 4) is 0 Å². The molecule has 0 heterocycles. The summed E-state index contributed by atoms with van der Waals surface area (Å²) in [6.07, 6.45) is 0.857. The van der Waals surface area contributed by atoms with E-state index in [-0.39, 0.29) is 11.8 Å². The van der Waals surface area contributed by atoms with Crippen molar-refractivity contribution in [2.75, 3.05) is 6.26 Å². The Morgan fingerprint density at radius 1 is 1.22 bits per heavy atom. The number of halogens is 5. The van der Waals surface area contributed by atoms with E-state index in [1.807, 2.05) is 0 Å². The standard InChI is InChI=1S/C3H3ClF4S/c1-9-3(7,8)2(4,5)6/h1H3. The minimum absolute atomic E-state index is 0.281. The van der Waals surface area contributed by atoms with Crippen LogP contribution >= 0.6 is 23.4 Å². The minimum Gasteiger partial charge on any atom is -0.186 e. The van der Waals surface area contributed by atoms with Crippen LogP contribution in [0.2, 0.25) is 0 Å². The molecule has 56 valence electrons. The summed E-state index contributed by atoms with van der Waals surface area (Å²) in [6.45, 7) is 0. The lowest BCUT2D eigenvalue weighted by Gasteiger charge is -2.17. The van der Waals surface area contributed by atoms with Gasteiger partial charge in [-0.3, -0.25) is 0 Å². The van der Waals surface area contributed by atoms with Gasteiger partial charge >= 0.3 is 10.6 Å². The summed E-state index contributed by atoms with van der Waals surface area (Å²) in [6, 6.07) is 0. The van der Waals surface area contributed by atoms with E-state index in [2.05, 4.69) is 11.6 Å². The van der Waals surface area contributed by atoms with Gasteiger partial charge in [-0.05, 0) is 17.9 Å². The minimum atomic E-state index is -4.45. The highest BCUT2D eigenvalue weighted by atomic mass is 35.5. The molecule has 0 bridgehead atoms. The second-order valence-electron chi connectivity index (χ2n) is 1.22. The van der Waals surface area contributed by atoms with E-state index in [1.165, 1.54) is 0 Å². The Morgan fingerprint density at radius 3 is 1.56 bits per heavy atom. The van der Waals surface area contributed by atoms with E-state index < -0.39 is 10.6 Å². The van der Waals surface area contributed by atoms with Crippen LogP contribution in [0.5, 0.6) is 0 Å². The molecular formula is C3H3ClF4S. The third kappa shape index (κ3) is 2.21. The van der Waals surface area contributed by atoms with Crippen molar-refractivity contribution in [1.82, 2.24) is 0 Å². The molecule has 0 atom stereocenters. The largest absolute Gasteiger partial charge is 0.393 e. The number of hydrogen-bond donors (Lipinski definition) is 0. The fourth-order valence-electron chi connectivity index (χ4n) is 0.116. The predicted molar refractivity (Wildman–Crippen MR) is 29.3 cm³/mol. The quantitative estimate of drug-likeness (QED) is 0.468. The fourth-order valence-corrected chi connectivity index (χ4v) is 0.579. The number of alkyl halides is 5. The van der Waals surface area contributed by atoms with Crippen LogP contribution in [0.25, 0.3) is 0 Å². The van der Waals surface area contributed by atoms with Gasteiger partial charge in [-0.15, -0.1) is 0 Å². The molecule has 0 aliphatic carbocycles. The normalized spacial score (nSPS) is 14.0. The first-order valence-electron chi connectivity index (χ1n) is 1.81. The van der Waals surface area contributed by atoms with Gasteiger partial charge in [-0.1, -0.05) is 11.8 Å². The molecule has 0 rings (SSSR count). The van der Waals surface area contributed by atoms with Crippen LogP contribution in [0.15, 0.2) is 0 Å². The third-order valence-electron chi connectivity index (χ3n) is 0.586. The summed E-state index contributed by atoms with van der Waals surface area (Å²) in [5, 5.41) is -8.62. The van der Waals surface area contributed by atoms with Gasteiger partial charge in [0, 0.05) is 0 Å². The molecule has 0 radical (unpaired) electrons. The molecule has 0 aromatic heterocycles. The van der Waals surface area contributed by atoms with Gasteiger partial charge < -0.3 is 0 Å². The van der Waals surface area contributed by atoms with Crippen molar-refractivity contribution in [3.63, 3.8) is 0 Å². The molecule has 0 spiro atoms. The van der Waals surface area contributed by atoms with E-state index in [1.54, 1.807) is 0 Å². The van der Waals surface area contributed by atoms with Crippen LogP contribution in [0, 0.1) is 0 Å². The Balaban J connectivity index is 4.14. The van der Waals surface area contributed by atoms with E-state index in [9.17, 15) is 17.6 Å². The van der Waals surface area contributed by atoms with Gasteiger partial charge in [0.15, 0.2) is 0 Å². The summed E-state index contributed by atoms with van der Waals surface area (Å²) < 4.78 is 46.5. The smallest absolute Gasteiger partial charge is 0.186 e. The fraction of sp³-hybridized carbons (Fsp3) is 1.00. The Bertz CT molecular complexity index is 98.5. The van der Waals surface area contributed by atoms with E-state index >= 15 is 0 Å². The first-order valence-corrected chi connectivity index (χ1v) is 3.41. The molecule has 0 nitrogen and oxygen atoms in total. The second-order valence-corrected chi connectivity index (χ2v) is 2.61. The Labute approximate surface area is 58.6 Å². The molecule has 6 heteroatoms. The zero-order valence-corrected chi connectivity index (χ0v) is 5.87. The highest BCUT2D eigenvalue weighted by Crippen LogP contribution is 2.44. The van der Waals surface area contributed by atoms with Crippen LogP contribution in [0.3, 0.4) is 0 Å². The van der Waals surface area contributed by atoms with Gasteiger partial charge in [-0.2, -0.15) is 17.6 Å². The van der Waals surface area contributed by atoms with Crippen LogP contribution in [-0.4, -0.2) is 16.9 Å². The Kier molecular flexibility index (Phi) is 2.64. The van der Waals surface area contributed by atoms with Gasteiger partial charge in [-0.25, -0.2) is 0 Å². The topological polar surface area (TPSA) is 0 Å². The van der Waals surface area contributed by atoms with Crippen molar-refractivity contribution >= 4 is 23.4 Å². The van der Waals surface area contributed by atoms with Crippen LogP contribution in [0.1, 0.15) is 0 Å². The number of rotatable bonds is 2. The number of hydrogen-bond acceptors (Lipinski definition) is 1. The van der Waals surface area contributed by atoms with E-state index in [4.69, 9.17) is 0 Å². The summed E-state index contributed by atoms with van der Waals surface area (Å²) in [7, 11) is 0. The Morgan fingerprint density at radius 2 is 1.56 bits per heavy atom. The molecule has 0 aromatic rings. The summed E-state index contributed by atoms with van der Waals surface area (Å²) in [4.78, 5) is 0. The van der Waals surface area contributed by atoms with Crippen molar-refractivity contribution in [3.05, 3.63) is 0 Å². The highest BCUT2D eigenvalue weighted by molar-refractivity contribution is 7.99. The predicted octanol–water partition coefficient (Wildman–Crippen LogP) is 2.77. The van der Waals surface area contributed by atoms with Gasteiger partial charge in [0.05, 0.1) is 0 Å². The molecule has 0 saturated heterocycles. The molecule has 0 saturated carbocycles. The monoisotopic (exact) mass is 182 g/mol. The molecule has 0 fully saturated rings. The van der Waals surface area contributed by atoms with E-state index in [0.29, 0.717) is 0 Å². The zero-order valence-electron chi connectivity index (χ0n) is 4.30. The van der Waals surface area contributed by atoms with Crippen molar-refractivity contribution < 1.29 is 17.6 Å². The van der Waals surface area contributed by atoms with Crippen molar-refractivity contribution in [2.24, 2.45) is 0 Å². The Hall–Kier alpha value is 0.360. The summed E-state index contributed by atoms with van der Waals surface area (Å²) >= 11 is 3.74. The average molecular weight is 183 g/mol.